The van der Waals surface area contributed by atoms with Crippen molar-refractivity contribution in [1.29, 1.82) is 0 Å². The quantitative estimate of drug-likeness (QED) is 0.489. The van der Waals surface area contributed by atoms with E-state index in [0.29, 0.717) is 6.42 Å². The summed E-state index contributed by atoms with van der Waals surface area (Å²) in [5, 5.41) is 0. The van der Waals surface area contributed by atoms with E-state index >= 15 is 0 Å². The van der Waals surface area contributed by atoms with Crippen LogP contribution in [0.3, 0.4) is 0 Å². The third-order valence-electron chi connectivity index (χ3n) is 0.947. The molecule has 0 aromatic carbocycles. The van der Waals surface area contributed by atoms with Gasteiger partial charge in [-0.15, -0.1) is 0 Å². The zero-order valence-electron chi connectivity index (χ0n) is 7.45. The molecular formula is C7H12F4O2. The summed E-state index contributed by atoms with van der Waals surface area (Å²) in [5.74, 6) is 0. The summed E-state index contributed by atoms with van der Waals surface area (Å²) in [5.41, 5.74) is 0. The van der Waals surface area contributed by atoms with Crippen LogP contribution < -0.4 is 0 Å². The molecule has 0 aliphatic heterocycles. The van der Waals surface area contributed by atoms with Gasteiger partial charge in [-0.3, -0.25) is 4.74 Å². The van der Waals surface area contributed by atoms with Crippen LogP contribution in [-0.4, -0.2) is 25.4 Å². The zero-order valence-corrected chi connectivity index (χ0v) is 7.45. The summed E-state index contributed by atoms with van der Waals surface area (Å²) in [6.45, 7) is 0.909. The molecule has 0 aromatic heterocycles. The van der Waals surface area contributed by atoms with Crippen LogP contribution >= 0.6 is 0 Å². The van der Waals surface area contributed by atoms with Crippen LogP contribution in [0.15, 0.2) is 0 Å². The summed E-state index contributed by atoms with van der Waals surface area (Å²) in [6, 6.07) is 0. The highest BCUT2D eigenvalue weighted by molar-refractivity contribution is 4.53. The summed E-state index contributed by atoms with van der Waals surface area (Å²) in [4.78, 5) is 0. The first kappa shape index (κ1) is 12.6. The molecule has 80 valence electrons. The van der Waals surface area contributed by atoms with Crippen LogP contribution in [-0.2, 0) is 9.47 Å². The van der Waals surface area contributed by atoms with E-state index in [1.807, 2.05) is 0 Å². The molecule has 0 radical (unpaired) electrons. The lowest BCUT2D eigenvalue weighted by molar-refractivity contribution is -0.377. The Hall–Kier alpha value is -0.360. The second-order valence-electron chi connectivity index (χ2n) is 2.60. The van der Waals surface area contributed by atoms with E-state index in [2.05, 4.69) is 9.47 Å². The van der Waals surface area contributed by atoms with E-state index in [1.54, 1.807) is 6.92 Å². The fraction of sp³-hybridized carbons (Fsp3) is 1.00. The molecule has 0 atom stereocenters. The van der Waals surface area contributed by atoms with Crippen molar-refractivity contribution in [1.82, 2.24) is 0 Å². The first-order chi connectivity index (χ1) is 5.77. The Balaban J connectivity index is 3.80. The van der Waals surface area contributed by atoms with Gasteiger partial charge in [-0.2, -0.15) is 17.6 Å². The Labute approximate surface area is 73.8 Å². The fourth-order valence-corrected chi connectivity index (χ4v) is 0.627. The third kappa shape index (κ3) is 7.98. The molecule has 0 N–H and O–H groups in total. The molecule has 0 saturated carbocycles. The largest absolute Gasteiger partial charge is 0.383 e. The Morgan fingerprint density at radius 3 is 2.08 bits per heavy atom. The lowest BCUT2D eigenvalue weighted by atomic mass is 10.5. The molecule has 0 aromatic rings. The second kappa shape index (κ2) is 4.76. The van der Waals surface area contributed by atoms with Crippen LogP contribution in [0.1, 0.15) is 20.3 Å². The third-order valence-corrected chi connectivity index (χ3v) is 0.947. The maximum Gasteiger partial charge on any atom is 0.383 e. The molecule has 13 heavy (non-hydrogen) atoms. The van der Waals surface area contributed by atoms with Crippen molar-refractivity contribution in [2.75, 3.05) is 13.2 Å². The SMILES string of the molecule is CCCOCC(F)(F)OC(C)(F)F. The maximum atomic E-state index is 12.4. The van der Waals surface area contributed by atoms with Gasteiger partial charge < -0.3 is 4.74 Å². The van der Waals surface area contributed by atoms with Gasteiger partial charge in [-0.05, 0) is 6.42 Å². The first-order valence-corrected chi connectivity index (χ1v) is 3.80. The highest BCUT2D eigenvalue weighted by Crippen LogP contribution is 2.26. The number of halogens is 4. The predicted molar refractivity (Wildman–Crippen MR) is 37.8 cm³/mol. The Morgan fingerprint density at radius 1 is 1.15 bits per heavy atom. The number of hydrogen-bond acceptors (Lipinski definition) is 2. The van der Waals surface area contributed by atoms with E-state index < -0.39 is 18.8 Å². The number of ether oxygens (including phenoxy) is 2. The van der Waals surface area contributed by atoms with Crippen LogP contribution in [0.2, 0.25) is 0 Å². The molecule has 0 unspecified atom stereocenters. The molecule has 0 aliphatic carbocycles. The van der Waals surface area contributed by atoms with Gasteiger partial charge >= 0.3 is 12.2 Å². The van der Waals surface area contributed by atoms with Crippen molar-refractivity contribution in [3.05, 3.63) is 0 Å². The number of hydrogen-bond donors (Lipinski definition) is 0. The first-order valence-electron chi connectivity index (χ1n) is 3.80. The summed E-state index contributed by atoms with van der Waals surface area (Å²) in [6.07, 6.45) is -7.24. The summed E-state index contributed by atoms with van der Waals surface area (Å²) >= 11 is 0. The Morgan fingerprint density at radius 2 is 1.69 bits per heavy atom. The van der Waals surface area contributed by atoms with Gasteiger partial charge in [-0.25, -0.2) is 0 Å². The fourth-order valence-electron chi connectivity index (χ4n) is 0.627. The monoisotopic (exact) mass is 204 g/mol. The van der Waals surface area contributed by atoms with E-state index in [9.17, 15) is 17.6 Å². The summed E-state index contributed by atoms with van der Waals surface area (Å²) in [7, 11) is 0. The molecule has 0 amide bonds. The molecule has 0 bridgehead atoms. The van der Waals surface area contributed by atoms with Crippen molar-refractivity contribution in [3.8, 4) is 0 Å². The minimum atomic E-state index is -3.94. The zero-order chi connectivity index (χ0) is 10.5. The van der Waals surface area contributed by atoms with E-state index in [4.69, 9.17) is 0 Å². The van der Waals surface area contributed by atoms with Crippen LogP contribution in [0.5, 0.6) is 0 Å². The predicted octanol–water partition coefficient (Wildman–Crippen LogP) is 2.64. The van der Waals surface area contributed by atoms with Crippen LogP contribution in [0, 0.1) is 0 Å². The van der Waals surface area contributed by atoms with Crippen LogP contribution in [0.25, 0.3) is 0 Å². The molecule has 0 rings (SSSR count). The number of rotatable bonds is 6. The lowest BCUT2D eigenvalue weighted by Crippen LogP contribution is -2.35. The van der Waals surface area contributed by atoms with Crippen molar-refractivity contribution >= 4 is 0 Å². The molecule has 0 heterocycles. The van der Waals surface area contributed by atoms with Gasteiger partial charge in [-0.1, -0.05) is 6.92 Å². The van der Waals surface area contributed by atoms with E-state index in [-0.39, 0.29) is 13.5 Å². The molecule has 0 spiro atoms. The van der Waals surface area contributed by atoms with Gasteiger partial charge in [0, 0.05) is 13.5 Å². The molecule has 0 saturated heterocycles. The molecule has 0 fully saturated rings. The molecule has 2 nitrogen and oxygen atoms in total. The average molecular weight is 204 g/mol. The minimum Gasteiger partial charge on any atom is -0.372 e. The lowest BCUT2D eigenvalue weighted by Gasteiger charge is -2.20. The van der Waals surface area contributed by atoms with Crippen LogP contribution in [0.4, 0.5) is 17.6 Å². The van der Waals surface area contributed by atoms with Gasteiger partial charge in [0.15, 0.2) is 0 Å². The normalized spacial score (nSPS) is 13.4. The second-order valence-corrected chi connectivity index (χ2v) is 2.60. The topological polar surface area (TPSA) is 18.5 Å². The summed E-state index contributed by atoms with van der Waals surface area (Å²) < 4.78 is 56.3. The standard InChI is InChI=1S/C7H12F4O2/c1-3-4-12-5-7(10,11)13-6(2,8)9/h3-5H2,1-2H3. The molecule has 0 aliphatic rings. The Kier molecular flexibility index (Phi) is 4.63. The smallest absolute Gasteiger partial charge is 0.372 e. The molecule has 6 heteroatoms. The highest BCUT2D eigenvalue weighted by atomic mass is 19.3. The number of alkyl halides is 4. The maximum absolute atomic E-state index is 12.4. The van der Waals surface area contributed by atoms with Crippen molar-refractivity contribution in [3.63, 3.8) is 0 Å². The average Bonchev–Trinajstić information content (AvgIpc) is 1.81. The van der Waals surface area contributed by atoms with Gasteiger partial charge in [0.05, 0.1) is 0 Å². The Bertz CT molecular complexity index is 144. The van der Waals surface area contributed by atoms with Crippen molar-refractivity contribution in [2.24, 2.45) is 0 Å². The van der Waals surface area contributed by atoms with Crippen molar-refractivity contribution < 1.29 is 27.0 Å². The van der Waals surface area contributed by atoms with Crippen molar-refractivity contribution in [2.45, 2.75) is 32.5 Å². The van der Waals surface area contributed by atoms with Gasteiger partial charge in [0.1, 0.15) is 6.61 Å². The van der Waals surface area contributed by atoms with Gasteiger partial charge in [0.25, 0.3) is 0 Å². The van der Waals surface area contributed by atoms with Gasteiger partial charge in [0.2, 0.25) is 0 Å². The highest BCUT2D eigenvalue weighted by Gasteiger charge is 2.40. The van der Waals surface area contributed by atoms with E-state index in [1.165, 1.54) is 0 Å². The molecular weight excluding hydrogens is 192 g/mol. The van der Waals surface area contributed by atoms with E-state index in [0.717, 1.165) is 0 Å². The minimum absolute atomic E-state index is 0.0915.